The van der Waals surface area contributed by atoms with E-state index < -0.39 is 80.3 Å². The molecule has 0 aromatic carbocycles. The molecule has 4 aliphatic carbocycles. The standard InChI is InChI=1S/C45H71N7O9S/c1-8-31-27-45(31,40(57)48-62(59,60)50-23-14-15-24-50)52(58)38(55)33-28-44(42(5,6)43(44)20-16-21-43)29-51(33)39(56)35(41(2,3)4)47-37(54)34(30-17-10-9-11-18-30)46-36(53)32-19-12-13-22-49(32)25-26-61-7/h8,30-35H,1,9-29H2,2-7H3,(H2-,46,47,48,53,54,57)/p+1. The summed E-state index contributed by atoms with van der Waals surface area (Å²) in [6.45, 7) is 16.2. The number of fused-ring (bicyclic) bond motifs is 1. The summed E-state index contributed by atoms with van der Waals surface area (Å²) in [6, 6.07) is -3.68. The Morgan fingerprint density at radius 1 is 0.871 bits per heavy atom. The monoisotopic (exact) mass is 887 g/mol. The van der Waals surface area contributed by atoms with E-state index in [9.17, 15) is 32.5 Å². The van der Waals surface area contributed by atoms with Gasteiger partial charge in [-0.05, 0) is 86.5 Å². The zero-order valence-electron chi connectivity index (χ0n) is 38.0. The van der Waals surface area contributed by atoms with Gasteiger partial charge < -0.3 is 20.3 Å². The molecule has 0 radical (unpaired) electrons. The molecule has 3 heterocycles. The van der Waals surface area contributed by atoms with E-state index in [4.69, 9.17) is 4.74 Å². The minimum atomic E-state index is -4.26. The van der Waals surface area contributed by atoms with Gasteiger partial charge in [-0.25, -0.2) is 9.52 Å². The molecule has 17 heteroatoms. The number of piperidine rings is 1. The molecule has 0 bridgehead atoms. The zero-order chi connectivity index (χ0) is 45.0. The smallest absolute Gasteiger partial charge is 0.383 e. The molecule has 7 fully saturated rings. The maximum absolute atomic E-state index is 15.3. The number of ether oxygens (including phenoxy) is 1. The fraction of sp³-hybridized carbons (Fsp3) is 0.844. The van der Waals surface area contributed by atoms with Crippen molar-refractivity contribution in [2.45, 2.75) is 161 Å². The second-order valence-corrected chi connectivity index (χ2v) is 22.9. The van der Waals surface area contributed by atoms with Gasteiger partial charge in [0.2, 0.25) is 17.7 Å². The summed E-state index contributed by atoms with van der Waals surface area (Å²) >= 11 is 0. The van der Waals surface area contributed by atoms with Crippen LogP contribution in [0.3, 0.4) is 0 Å². The zero-order valence-corrected chi connectivity index (χ0v) is 38.8. The van der Waals surface area contributed by atoms with Gasteiger partial charge in [-0.3, -0.25) is 24.1 Å². The van der Waals surface area contributed by atoms with E-state index in [0.29, 0.717) is 32.4 Å². The van der Waals surface area contributed by atoms with Gasteiger partial charge in [-0.15, -0.1) is 6.58 Å². The summed E-state index contributed by atoms with van der Waals surface area (Å²) in [4.78, 5) is 91.1. The van der Waals surface area contributed by atoms with Crippen LogP contribution in [0.5, 0.6) is 0 Å². The number of nitrogens with one attached hydrogen (secondary N) is 3. The minimum absolute atomic E-state index is 0.103. The molecule has 16 nitrogen and oxygen atoms in total. The van der Waals surface area contributed by atoms with E-state index in [1.54, 1.807) is 7.11 Å². The molecule has 7 rings (SSSR count). The normalized spacial score (nSPS) is 31.8. The number of carbonyl (C=O) groups excluding carboxylic acids is 5. The van der Waals surface area contributed by atoms with E-state index in [0.717, 1.165) is 75.1 Å². The fourth-order valence-electron chi connectivity index (χ4n) is 12.6. The second-order valence-electron chi connectivity index (χ2n) is 21.2. The number of methoxy groups -OCH3 is 1. The first-order valence-corrected chi connectivity index (χ1v) is 24.8. The number of nitrogens with zero attached hydrogens (tertiary/aromatic N) is 4. The highest BCUT2D eigenvalue weighted by Gasteiger charge is 2.86. The third-order valence-electron chi connectivity index (χ3n) is 16.8. The first kappa shape index (κ1) is 46.7. The Kier molecular flexibility index (Phi) is 13.0. The van der Waals surface area contributed by atoms with Gasteiger partial charge in [-0.1, -0.05) is 72.8 Å². The van der Waals surface area contributed by atoms with Gasteiger partial charge in [0.25, 0.3) is 0 Å². The third kappa shape index (κ3) is 7.86. The topological polar surface area (TPSA) is 195 Å². The Morgan fingerprint density at radius 3 is 2.08 bits per heavy atom. The Balaban J connectivity index is 1.17. The predicted molar refractivity (Wildman–Crippen MR) is 231 cm³/mol. The average molecular weight is 887 g/mol. The summed E-state index contributed by atoms with van der Waals surface area (Å²) in [5, 5.41) is 6.24. The molecule has 5 amide bonds. The fourth-order valence-corrected chi connectivity index (χ4v) is 13.9. The Labute approximate surface area is 368 Å². The van der Waals surface area contributed by atoms with Crippen molar-refractivity contribution in [3.8, 4) is 0 Å². The first-order chi connectivity index (χ1) is 29.2. The molecule has 62 heavy (non-hydrogen) atoms. The maximum atomic E-state index is 15.3. The molecular weight excluding hydrogens is 815 g/mol. The number of amides is 5. The number of hydrogen-bond acceptors (Lipinski definition) is 10. The summed E-state index contributed by atoms with van der Waals surface area (Å²) in [7, 11) is -2.63. The highest BCUT2D eigenvalue weighted by atomic mass is 32.2. The van der Waals surface area contributed by atoms with Crippen molar-refractivity contribution in [3.63, 3.8) is 0 Å². The van der Waals surface area contributed by atoms with Gasteiger partial charge in [0.05, 0.1) is 23.3 Å². The van der Waals surface area contributed by atoms with Crippen LogP contribution in [0.4, 0.5) is 0 Å². The Hall–Kier alpha value is -3.28. The lowest BCUT2D eigenvalue weighted by Gasteiger charge is -2.39. The van der Waals surface area contributed by atoms with Gasteiger partial charge in [-0.2, -0.15) is 12.7 Å². The number of likely N-dealkylation sites (tertiary alicyclic amines) is 2. The summed E-state index contributed by atoms with van der Waals surface area (Å²) in [6.07, 6.45) is 12.6. The predicted octanol–water partition coefficient (Wildman–Crippen LogP) is 3.59. The highest BCUT2D eigenvalue weighted by Crippen LogP contribution is 2.88. The maximum Gasteiger partial charge on any atom is 0.456 e. The number of rotatable bonds is 15. The van der Waals surface area contributed by atoms with E-state index >= 15 is 4.79 Å². The number of nitroso groups, excluding NO2 is 1. The molecule has 7 atom stereocenters. The van der Waals surface area contributed by atoms with E-state index in [-0.39, 0.29) is 59.9 Å². The van der Waals surface area contributed by atoms with Gasteiger partial charge in [0, 0.05) is 50.0 Å². The van der Waals surface area contributed by atoms with Crippen LogP contribution in [0, 0.1) is 38.4 Å². The molecule has 4 saturated carbocycles. The lowest BCUT2D eigenvalue weighted by Crippen LogP contribution is -2.63. The third-order valence-corrected chi connectivity index (χ3v) is 18.3. The van der Waals surface area contributed by atoms with Crippen molar-refractivity contribution >= 4 is 39.7 Å². The quantitative estimate of drug-likeness (QED) is 0.162. The van der Waals surface area contributed by atoms with Crippen LogP contribution in [-0.4, -0.2) is 133 Å². The SMILES string of the molecule is C=CC1CC1(C(=O)NS(=O)(=O)N1CCCC1)[N+](=O)C(=O)C1CC2(CN1C(=O)C(NC(=O)C(NC(=O)C1CCCCN1CCOC)C1CCCCC1)C(C)(C)C)C(C)(C)C21CCC1. The Bertz CT molecular complexity index is 1920. The number of carbonyl (C=O) groups is 5. The molecule has 0 aromatic heterocycles. The van der Waals surface area contributed by atoms with Gasteiger partial charge >= 0.3 is 27.6 Å². The van der Waals surface area contributed by atoms with Crippen LogP contribution in [-0.2, 0) is 38.9 Å². The van der Waals surface area contributed by atoms with Gasteiger partial charge in [0.1, 0.15) is 12.1 Å². The molecule has 0 aromatic rings. The molecule has 7 aliphatic rings. The summed E-state index contributed by atoms with van der Waals surface area (Å²) < 4.78 is 35.2. The van der Waals surface area contributed by atoms with Crippen LogP contribution in [0.2, 0.25) is 0 Å². The lowest BCUT2D eigenvalue weighted by molar-refractivity contribution is -0.513. The number of hydrogen-bond donors (Lipinski definition) is 3. The van der Waals surface area contributed by atoms with Crippen molar-refractivity contribution in [1.82, 2.24) is 29.5 Å². The Morgan fingerprint density at radius 2 is 1.52 bits per heavy atom. The molecule has 346 valence electrons. The summed E-state index contributed by atoms with van der Waals surface area (Å²) in [5.41, 5.74) is -3.77. The minimum Gasteiger partial charge on any atom is -0.383 e. The van der Waals surface area contributed by atoms with Crippen molar-refractivity contribution in [3.05, 3.63) is 17.6 Å². The van der Waals surface area contributed by atoms with Gasteiger partial charge in [0.15, 0.2) is 6.04 Å². The van der Waals surface area contributed by atoms with Crippen LogP contribution >= 0.6 is 0 Å². The molecule has 3 N–H and O–H groups in total. The van der Waals surface area contributed by atoms with Crippen LogP contribution in [0.25, 0.3) is 0 Å². The van der Waals surface area contributed by atoms with E-state index in [1.165, 1.54) is 11.0 Å². The van der Waals surface area contributed by atoms with E-state index in [2.05, 4.69) is 40.7 Å². The van der Waals surface area contributed by atoms with Crippen LogP contribution in [0.15, 0.2) is 12.7 Å². The largest absolute Gasteiger partial charge is 0.456 e. The van der Waals surface area contributed by atoms with Crippen molar-refractivity contribution < 1.29 is 41.9 Å². The average Bonchev–Trinajstić information content (AvgIpc) is 3.71. The van der Waals surface area contributed by atoms with E-state index in [1.807, 2.05) is 20.8 Å². The highest BCUT2D eigenvalue weighted by molar-refractivity contribution is 7.87. The molecule has 2 spiro atoms. The van der Waals surface area contributed by atoms with Crippen molar-refractivity contribution in [1.29, 1.82) is 0 Å². The molecule has 3 aliphatic heterocycles. The van der Waals surface area contributed by atoms with Crippen LogP contribution < -0.4 is 15.4 Å². The van der Waals surface area contributed by atoms with Crippen molar-refractivity contribution in [2.75, 3.05) is 46.4 Å². The second kappa shape index (κ2) is 17.3. The first-order valence-electron chi connectivity index (χ1n) is 23.3. The lowest BCUT2D eigenvalue weighted by atomic mass is 9.73. The van der Waals surface area contributed by atoms with Crippen molar-refractivity contribution in [2.24, 2.45) is 33.5 Å². The molecule has 3 saturated heterocycles. The van der Waals surface area contributed by atoms with Crippen LogP contribution in [0.1, 0.15) is 131 Å². The summed E-state index contributed by atoms with van der Waals surface area (Å²) in [5.74, 6) is -4.16. The molecular formula is C45H72N7O9S+. The molecule has 7 unspecified atom stereocenters.